The number of fused-ring (bicyclic) bond motifs is 1. The van der Waals surface area contributed by atoms with Gasteiger partial charge in [0.25, 0.3) is 0 Å². The number of nitrogens with zero attached hydrogens (tertiary/aromatic N) is 2. The van der Waals surface area contributed by atoms with E-state index in [0.717, 1.165) is 6.07 Å². The first-order chi connectivity index (χ1) is 16.0. The van der Waals surface area contributed by atoms with Gasteiger partial charge in [-0.1, -0.05) is 56.6 Å². The lowest BCUT2D eigenvalue weighted by Gasteiger charge is -2.14. The molecule has 10 heteroatoms. The molecule has 1 heterocycles. The zero-order chi connectivity index (χ0) is 25.5. The van der Waals surface area contributed by atoms with Crippen molar-refractivity contribution < 1.29 is 32.9 Å². The molecule has 1 aromatic heterocycles. The number of halogens is 4. The van der Waals surface area contributed by atoms with Crippen molar-refractivity contribution in [3.8, 4) is 11.5 Å². The Morgan fingerprint density at radius 2 is 1.65 bits per heavy atom. The highest BCUT2D eigenvalue weighted by Gasteiger charge is 2.33. The van der Waals surface area contributed by atoms with Crippen molar-refractivity contribution in [2.24, 2.45) is 0 Å². The molecule has 0 bridgehead atoms. The zero-order valence-corrected chi connectivity index (χ0v) is 19.7. The number of carboxylic acid groups (broad SMARTS) is 1. The molecule has 0 unspecified atom stereocenters. The van der Waals surface area contributed by atoms with Crippen LogP contribution in [0.15, 0.2) is 42.5 Å². The number of benzene rings is 2. The molecule has 0 atom stereocenters. The van der Waals surface area contributed by atoms with Crippen LogP contribution in [0, 0.1) is 0 Å². The minimum absolute atomic E-state index is 0.0143. The molecule has 0 amide bonds. The summed E-state index contributed by atoms with van der Waals surface area (Å²) >= 11 is 5.81. The highest BCUT2D eigenvalue weighted by molar-refractivity contribution is 6.30. The Morgan fingerprint density at radius 3 is 2.12 bits per heavy atom. The van der Waals surface area contributed by atoms with Gasteiger partial charge < -0.3 is 19.8 Å². The third-order valence-electron chi connectivity index (χ3n) is 5.09. The van der Waals surface area contributed by atoms with Gasteiger partial charge in [0.05, 0.1) is 5.69 Å². The molecule has 0 aliphatic rings. The first-order valence-electron chi connectivity index (χ1n) is 10.6. The van der Waals surface area contributed by atoms with E-state index in [2.05, 4.69) is 35.4 Å². The molecular formula is C24H26ClF3N2O4. The molecule has 0 saturated heterocycles. The number of aromatic carboxylic acids is 1. The summed E-state index contributed by atoms with van der Waals surface area (Å²) in [5.74, 6) is -2.77. The molecule has 2 aromatic carbocycles. The van der Waals surface area contributed by atoms with Crippen LogP contribution in [-0.4, -0.2) is 52.1 Å². The minimum atomic E-state index is -4.98. The van der Waals surface area contributed by atoms with Gasteiger partial charge in [-0.15, -0.1) is 13.2 Å². The SMILES string of the molecule is CCN(CC)CC.O=C(O)c1c(O)c(Cc2ccc(Cl)cc2)nc2c(OC(F)(F)F)cccc12. The first-order valence-corrected chi connectivity index (χ1v) is 11.0. The summed E-state index contributed by atoms with van der Waals surface area (Å²) < 4.78 is 41.9. The lowest BCUT2D eigenvalue weighted by atomic mass is 10.0. The van der Waals surface area contributed by atoms with Gasteiger partial charge in [-0.05, 0) is 43.4 Å². The maximum absolute atomic E-state index is 12.7. The van der Waals surface area contributed by atoms with Crippen molar-refractivity contribution in [1.82, 2.24) is 9.88 Å². The molecule has 0 saturated carbocycles. The maximum atomic E-state index is 12.7. The number of hydrogen-bond donors (Lipinski definition) is 2. The van der Waals surface area contributed by atoms with Gasteiger partial charge >= 0.3 is 12.3 Å². The Kier molecular flexibility index (Phi) is 9.52. The minimum Gasteiger partial charge on any atom is -0.505 e. The second-order valence-corrected chi connectivity index (χ2v) is 7.65. The fourth-order valence-corrected chi connectivity index (χ4v) is 3.44. The lowest BCUT2D eigenvalue weighted by molar-refractivity contribution is -0.274. The molecule has 0 aliphatic carbocycles. The molecule has 0 radical (unpaired) electrons. The smallest absolute Gasteiger partial charge is 0.505 e. The van der Waals surface area contributed by atoms with Gasteiger partial charge in [-0.25, -0.2) is 9.78 Å². The van der Waals surface area contributed by atoms with E-state index in [1.165, 1.54) is 31.8 Å². The fourth-order valence-electron chi connectivity index (χ4n) is 3.31. The number of ether oxygens (including phenoxy) is 1. The monoisotopic (exact) mass is 498 g/mol. The van der Waals surface area contributed by atoms with Crippen molar-refractivity contribution in [3.63, 3.8) is 0 Å². The summed E-state index contributed by atoms with van der Waals surface area (Å²) in [6.45, 7) is 10.1. The van der Waals surface area contributed by atoms with E-state index in [-0.39, 0.29) is 23.0 Å². The number of carboxylic acids is 1. The Hall–Kier alpha value is -3.04. The number of aromatic nitrogens is 1. The van der Waals surface area contributed by atoms with Gasteiger partial charge in [0.15, 0.2) is 11.5 Å². The van der Waals surface area contributed by atoms with Crippen LogP contribution in [0.4, 0.5) is 13.2 Å². The summed E-state index contributed by atoms with van der Waals surface area (Å²) in [4.78, 5) is 18.0. The van der Waals surface area contributed by atoms with E-state index in [1.54, 1.807) is 24.3 Å². The van der Waals surface area contributed by atoms with Crippen LogP contribution in [-0.2, 0) is 6.42 Å². The molecular weight excluding hydrogens is 473 g/mol. The van der Waals surface area contributed by atoms with Crippen LogP contribution in [0.2, 0.25) is 5.02 Å². The van der Waals surface area contributed by atoms with Crippen LogP contribution < -0.4 is 4.74 Å². The van der Waals surface area contributed by atoms with Crippen molar-refractivity contribution in [2.75, 3.05) is 19.6 Å². The number of rotatable bonds is 7. The van der Waals surface area contributed by atoms with E-state index in [1.807, 2.05) is 0 Å². The number of carbonyl (C=O) groups is 1. The molecule has 34 heavy (non-hydrogen) atoms. The summed E-state index contributed by atoms with van der Waals surface area (Å²) in [7, 11) is 0. The van der Waals surface area contributed by atoms with E-state index in [9.17, 15) is 28.2 Å². The average molecular weight is 499 g/mol. The van der Waals surface area contributed by atoms with Gasteiger partial charge in [0.2, 0.25) is 0 Å². The van der Waals surface area contributed by atoms with Crippen molar-refractivity contribution in [2.45, 2.75) is 33.6 Å². The average Bonchev–Trinajstić information content (AvgIpc) is 2.77. The number of para-hydroxylation sites is 1. The topological polar surface area (TPSA) is 82.9 Å². The molecule has 3 rings (SSSR count). The number of pyridine rings is 1. The molecule has 0 fully saturated rings. The second kappa shape index (κ2) is 11.9. The van der Waals surface area contributed by atoms with Gasteiger partial charge in [0, 0.05) is 16.8 Å². The summed E-state index contributed by atoms with van der Waals surface area (Å²) in [5, 5.41) is 20.1. The van der Waals surface area contributed by atoms with E-state index >= 15 is 0 Å². The van der Waals surface area contributed by atoms with Crippen LogP contribution in [0.25, 0.3) is 10.9 Å². The zero-order valence-electron chi connectivity index (χ0n) is 19.0. The highest BCUT2D eigenvalue weighted by atomic mass is 35.5. The van der Waals surface area contributed by atoms with E-state index < -0.39 is 29.4 Å². The van der Waals surface area contributed by atoms with Crippen LogP contribution in [0.3, 0.4) is 0 Å². The lowest BCUT2D eigenvalue weighted by Crippen LogP contribution is -2.21. The quantitative estimate of drug-likeness (QED) is 0.408. The van der Waals surface area contributed by atoms with Crippen molar-refractivity contribution >= 4 is 28.5 Å². The first kappa shape index (κ1) is 27.2. The predicted octanol–water partition coefficient (Wildman–Crippen LogP) is 6.13. The summed E-state index contributed by atoms with van der Waals surface area (Å²) in [6.07, 6.45) is -4.99. The molecule has 184 valence electrons. The van der Waals surface area contributed by atoms with E-state index in [4.69, 9.17) is 11.6 Å². The van der Waals surface area contributed by atoms with Gasteiger partial charge in [-0.3, -0.25) is 0 Å². The number of alkyl halides is 3. The van der Waals surface area contributed by atoms with Crippen molar-refractivity contribution in [1.29, 1.82) is 0 Å². The maximum Gasteiger partial charge on any atom is 0.573 e. The van der Waals surface area contributed by atoms with Crippen LogP contribution >= 0.6 is 11.6 Å². The fraction of sp³-hybridized carbons (Fsp3) is 0.333. The Bertz CT molecular complexity index is 1110. The van der Waals surface area contributed by atoms with Gasteiger partial charge in [-0.2, -0.15) is 0 Å². The predicted molar refractivity (Wildman–Crippen MR) is 125 cm³/mol. The normalized spacial score (nSPS) is 11.3. The Balaban J connectivity index is 0.000000509. The molecule has 0 aliphatic heterocycles. The number of hydrogen-bond acceptors (Lipinski definition) is 5. The van der Waals surface area contributed by atoms with E-state index in [0.29, 0.717) is 10.6 Å². The third kappa shape index (κ3) is 7.23. The Morgan fingerprint density at radius 1 is 1.06 bits per heavy atom. The Labute approximate surface area is 200 Å². The number of aromatic hydroxyl groups is 1. The summed E-state index contributed by atoms with van der Waals surface area (Å²) in [6, 6.07) is 9.91. The third-order valence-corrected chi connectivity index (χ3v) is 5.34. The second-order valence-electron chi connectivity index (χ2n) is 7.21. The van der Waals surface area contributed by atoms with Gasteiger partial charge in [0.1, 0.15) is 11.1 Å². The van der Waals surface area contributed by atoms with Crippen molar-refractivity contribution in [3.05, 3.63) is 64.3 Å². The molecule has 2 N–H and O–H groups in total. The molecule has 0 spiro atoms. The molecule has 6 nitrogen and oxygen atoms in total. The van der Waals surface area contributed by atoms with Crippen LogP contribution in [0.1, 0.15) is 42.4 Å². The summed E-state index contributed by atoms with van der Waals surface area (Å²) in [5.41, 5.74) is -0.321. The largest absolute Gasteiger partial charge is 0.573 e. The molecule has 3 aromatic rings. The van der Waals surface area contributed by atoms with Crippen LogP contribution in [0.5, 0.6) is 11.5 Å². The standard InChI is InChI=1S/C18H11ClF3NO4.C6H15N/c19-10-6-4-9(5-7-10)8-12-16(24)14(17(25)26)11-2-1-3-13(15(11)23-12)27-18(20,21)22;1-4-7(5-2)6-3/h1-7,24H,8H2,(H,25,26);4-6H2,1-3H3. The highest BCUT2D eigenvalue weighted by Crippen LogP contribution is 2.36.